The largest absolute Gasteiger partial charge is 0.310 e. The van der Waals surface area contributed by atoms with Gasteiger partial charge in [0, 0.05) is 33.5 Å². The van der Waals surface area contributed by atoms with Crippen molar-refractivity contribution in [2.75, 3.05) is 9.80 Å². The third-order valence-corrected chi connectivity index (χ3v) is 11.3. The van der Waals surface area contributed by atoms with E-state index in [0.717, 1.165) is 99.8 Å². The number of benzene rings is 9. The number of para-hydroxylation sites is 3. The lowest BCUT2D eigenvalue weighted by Crippen LogP contribution is -2.15. The SMILES string of the molecule is C=C/C=C(\C=C)N(c1ccccc1)c1ccc(-c2c(C=C)c(C=C)c(-c3ccc(N(c4ccccc4)c4ccccc4)c4ccccc34)c3ccccc23)c2ccccc12. The first-order valence-corrected chi connectivity index (χ1v) is 20.2. The summed E-state index contributed by atoms with van der Waals surface area (Å²) in [5.74, 6) is 0. The quantitative estimate of drug-likeness (QED) is 0.114. The van der Waals surface area contributed by atoms with Crippen LogP contribution in [0.3, 0.4) is 0 Å². The van der Waals surface area contributed by atoms with E-state index in [2.05, 4.69) is 218 Å². The Kier molecular flexibility index (Phi) is 10.3. The van der Waals surface area contributed by atoms with Crippen LogP contribution in [-0.4, -0.2) is 0 Å². The molecule has 0 radical (unpaired) electrons. The highest BCUT2D eigenvalue weighted by molar-refractivity contribution is 6.19. The number of allylic oxidation sites excluding steroid dienone is 3. The van der Waals surface area contributed by atoms with Gasteiger partial charge in [0.15, 0.2) is 0 Å². The second kappa shape index (κ2) is 16.5. The Labute approximate surface area is 352 Å². The minimum atomic E-state index is 0.929. The van der Waals surface area contributed by atoms with Crippen molar-refractivity contribution in [2.45, 2.75) is 0 Å². The topological polar surface area (TPSA) is 6.48 Å². The van der Waals surface area contributed by atoms with Crippen LogP contribution in [0.1, 0.15) is 11.1 Å². The first-order chi connectivity index (χ1) is 29.7. The van der Waals surface area contributed by atoms with E-state index >= 15 is 0 Å². The number of anilines is 5. The molecule has 0 amide bonds. The maximum absolute atomic E-state index is 4.47. The molecule has 0 fully saturated rings. The Hall–Kier alpha value is -7.94. The molecule has 0 atom stereocenters. The van der Waals surface area contributed by atoms with Gasteiger partial charge in [0.2, 0.25) is 0 Å². The van der Waals surface area contributed by atoms with Gasteiger partial charge in [-0.3, -0.25) is 0 Å². The molecule has 0 aliphatic heterocycles. The summed E-state index contributed by atoms with van der Waals surface area (Å²) in [6.07, 6.45) is 9.71. The van der Waals surface area contributed by atoms with Gasteiger partial charge in [-0.25, -0.2) is 0 Å². The fourth-order valence-corrected chi connectivity index (χ4v) is 8.82. The maximum Gasteiger partial charge on any atom is 0.0540 e. The smallest absolute Gasteiger partial charge is 0.0540 e. The van der Waals surface area contributed by atoms with Gasteiger partial charge in [0.05, 0.1) is 11.4 Å². The number of nitrogens with zero attached hydrogens (tertiary/aromatic N) is 2. The molecule has 0 aromatic heterocycles. The van der Waals surface area contributed by atoms with E-state index in [0.29, 0.717) is 0 Å². The van der Waals surface area contributed by atoms with Crippen LogP contribution in [0, 0.1) is 0 Å². The molecule has 0 saturated carbocycles. The molecule has 9 rings (SSSR count). The molecular formula is C58H44N2. The van der Waals surface area contributed by atoms with Crippen molar-refractivity contribution >= 4 is 72.9 Å². The Balaban J connectivity index is 1.30. The lowest BCUT2D eigenvalue weighted by Gasteiger charge is -2.29. The van der Waals surface area contributed by atoms with Gasteiger partial charge in [0.1, 0.15) is 0 Å². The van der Waals surface area contributed by atoms with E-state index in [-0.39, 0.29) is 0 Å². The standard InChI is InChI=1S/C58H44N2/c1-5-24-41(6-2)59(42-25-12-9-13-26-42)55-39-37-53(47-31-18-20-33-49(47)55)57-45(7-3)46(8-4)58(52-36-23-22-35-51(52)57)54-38-40-56(50-34-21-19-32-48(50)54)60(43-27-14-10-15-28-43)44-29-16-11-17-30-44/h5-40H,1-4H2/b41-24+. The van der Waals surface area contributed by atoms with Crippen molar-refractivity contribution in [3.8, 4) is 22.3 Å². The molecule has 0 bridgehead atoms. The van der Waals surface area contributed by atoms with E-state index in [1.807, 2.05) is 36.4 Å². The van der Waals surface area contributed by atoms with Crippen molar-refractivity contribution in [1.82, 2.24) is 0 Å². The fraction of sp³-hybridized carbons (Fsp3) is 0. The number of hydrogen-bond acceptors (Lipinski definition) is 2. The van der Waals surface area contributed by atoms with Crippen molar-refractivity contribution in [3.05, 3.63) is 249 Å². The average molecular weight is 769 g/mol. The highest BCUT2D eigenvalue weighted by atomic mass is 15.2. The zero-order chi connectivity index (χ0) is 41.0. The summed E-state index contributed by atoms with van der Waals surface area (Å²) in [6.45, 7) is 17.1. The molecule has 0 heterocycles. The van der Waals surface area contributed by atoms with Gasteiger partial charge in [-0.05, 0) is 116 Å². The molecule has 60 heavy (non-hydrogen) atoms. The average Bonchev–Trinajstić information content (AvgIpc) is 3.32. The molecule has 286 valence electrons. The van der Waals surface area contributed by atoms with Gasteiger partial charge in [-0.2, -0.15) is 0 Å². The highest BCUT2D eigenvalue weighted by Gasteiger charge is 2.24. The zero-order valence-corrected chi connectivity index (χ0v) is 33.5. The first kappa shape index (κ1) is 37.6. The monoisotopic (exact) mass is 768 g/mol. The van der Waals surface area contributed by atoms with Crippen molar-refractivity contribution in [2.24, 2.45) is 0 Å². The Morgan fingerprint density at radius 2 is 0.750 bits per heavy atom. The summed E-state index contributed by atoms with van der Waals surface area (Å²) in [4.78, 5) is 4.59. The van der Waals surface area contributed by atoms with Crippen molar-refractivity contribution in [3.63, 3.8) is 0 Å². The van der Waals surface area contributed by atoms with Crippen LogP contribution in [0.2, 0.25) is 0 Å². The van der Waals surface area contributed by atoms with Gasteiger partial charge in [-0.15, -0.1) is 0 Å². The van der Waals surface area contributed by atoms with E-state index in [1.165, 1.54) is 0 Å². The third-order valence-electron chi connectivity index (χ3n) is 11.3. The highest BCUT2D eigenvalue weighted by Crippen LogP contribution is 2.49. The summed E-state index contributed by atoms with van der Waals surface area (Å²) in [7, 11) is 0. The van der Waals surface area contributed by atoms with Crippen molar-refractivity contribution < 1.29 is 0 Å². The second-order valence-electron chi connectivity index (χ2n) is 14.6. The van der Waals surface area contributed by atoms with E-state index in [9.17, 15) is 0 Å². The third kappa shape index (κ3) is 6.51. The van der Waals surface area contributed by atoms with Crippen LogP contribution >= 0.6 is 0 Å². The van der Waals surface area contributed by atoms with E-state index in [1.54, 1.807) is 0 Å². The molecule has 2 nitrogen and oxygen atoms in total. The summed E-state index contributed by atoms with van der Waals surface area (Å²) in [5.41, 5.74) is 12.9. The molecule has 0 aliphatic carbocycles. The molecule has 0 unspecified atom stereocenters. The number of fused-ring (bicyclic) bond motifs is 3. The lowest BCUT2D eigenvalue weighted by atomic mass is 9.81. The fourth-order valence-electron chi connectivity index (χ4n) is 8.82. The van der Waals surface area contributed by atoms with Crippen LogP contribution in [-0.2, 0) is 0 Å². The van der Waals surface area contributed by atoms with Crippen LogP contribution in [0.5, 0.6) is 0 Å². The van der Waals surface area contributed by atoms with Gasteiger partial charge in [0.25, 0.3) is 0 Å². The molecule has 9 aromatic rings. The van der Waals surface area contributed by atoms with E-state index in [4.69, 9.17) is 0 Å². The number of rotatable bonds is 12. The molecule has 0 saturated heterocycles. The molecule has 0 N–H and O–H groups in total. The summed E-state index contributed by atoms with van der Waals surface area (Å²) in [6, 6.07) is 66.8. The Bertz CT molecular complexity index is 3060. The van der Waals surface area contributed by atoms with Gasteiger partial charge in [-0.1, -0.05) is 184 Å². The zero-order valence-electron chi connectivity index (χ0n) is 33.5. The summed E-state index contributed by atoms with van der Waals surface area (Å²) >= 11 is 0. The Morgan fingerprint density at radius 3 is 1.18 bits per heavy atom. The lowest BCUT2D eigenvalue weighted by molar-refractivity contribution is 1.22. The van der Waals surface area contributed by atoms with Crippen LogP contribution in [0.25, 0.3) is 66.7 Å². The normalized spacial score (nSPS) is 11.4. The molecule has 2 heteroatoms. The maximum atomic E-state index is 4.47. The van der Waals surface area contributed by atoms with E-state index < -0.39 is 0 Å². The van der Waals surface area contributed by atoms with Crippen LogP contribution in [0.15, 0.2) is 238 Å². The molecule has 0 aliphatic rings. The predicted octanol–water partition coefficient (Wildman–Crippen LogP) is 16.6. The van der Waals surface area contributed by atoms with Crippen LogP contribution in [0.4, 0.5) is 28.4 Å². The molecule has 0 spiro atoms. The summed E-state index contributed by atoms with van der Waals surface area (Å²) in [5, 5.41) is 6.85. The molecule has 9 aromatic carbocycles. The first-order valence-electron chi connectivity index (χ1n) is 20.2. The minimum Gasteiger partial charge on any atom is -0.310 e. The Morgan fingerprint density at radius 1 is 0.367 bits per heavy atom. The van der Waals surface area contributed by atoms with Gasteiger partial charge < -0.3 is 9.80 Å². The molecular weight excluding hydrogens is 725 g/mol. The predicted molar refractivity (Wildman–Crippen MR) is 262 cm³/mol. The summed E-state index contributed by atoms with van der Waals surface area (Å²) < 4.78 is 0. The van der Waals surface area contributed by atoms with Crippen molar-refractivity contribution in [1.29, 1.82) is 0 Å². The minimum absolute atomic E-state index is 0.929. The number of hydrogen-bond donors (Lipinski definition) is 0. The van der Waals surface area contributed by atoms with Gasteiger partial charge >= 0.3 is 0 Å². The second-order valence-corrected chi connectivity index (χ2v) is 14.6. The van der Waals surface area contributed by atoms with Crippen LogP contribution < -0.4 is 9.80 Å².